The molecule has 0 aliphatic carbocycles. The Hall–Kier alpha value is -2.96. The van der Waals surface area contributed by atoms with Gasteiger partial charge in [0.25, 0.3) is 10.0 Å². The molecule has 0 aliphatic rings. The molecule has 0 atom stereocenters. The normalized spacial score (nSPS) is 11.8. The van der Waals surface area contributed by atoms with E-state index in [4.69, 9.17) is 16.9 Å². The molecule has 0 radical (unpaired) electrons. The van der Waals surface area contributed by atoms with Gasteiger partial charge in [-0.1, -0.05) is 17.7 Å². The van der Waals surface area contributed by atoms with Crippen LogP contribution in [-0.2, 0) is 10.0 Å². The van der Waals surface area contributed by atoms with Crippen molar-refractivity contribution in [2.24, 2.45) is 5.10 Å². The molecule has 0 bridgehead atoms. The van der Waals surface area contributed by atoms with Crippen LogP contribution in [0.25, 0.3) is 5.65 Å². The zero-order valence-electron chi connectivity index (χ0n) is 13.8. The van der Waals surface area contributed by atoms with E-state index in [1.807, 2.05) is 6.07 Å². The molecular formula is C16H13ClN6O2S. The van der Waals surface area contributed by atoms with Crippen LogP contribution < -0.4 is 0 Å². The smallest absolute Gasteiger partial charge is 0.222 e. The zero-order chi connectivity index (χ0) is 18.9. The monoisotopic (exact) mass is 388 g/mol. The first-order chi connectivity index (χ1) is 12.3. The van der Waals surface area contributed by atoms with Gasteiger partial charge in [0.1, 0.15) is 5.15 Å². The molecule has 0 fully saturated rings. The number of hydrogen-bond donors (Lipinski definition) is 0. The lowest BCUT2D eigenvalue weighted by atomic mass is 10.2. The second-order valence-corrected chi connectivity index (χ2v) is 7.70. The zero-order valence-corrected chi connectivity index (χ0v) is 15.4. The average Bonchev–Trinajstić information content (AvgIpc) is 3.02. The maximum absolute atomic E-state index is 12.7. The van der Waals surface area contributed by atoms with Crippen LogP contribution in [-0.4, -0.2) is 40.7 Å². The van der Waals surface area contributed by atoms with Crippen molar-refractivity contribution in [1.82, 2.24) is 19.0 Å². The quantitative estimate of drug-likeness (QED) is 0.387. The van der Waals surface area contributed by atoms with Crippen LogP contribution in [0.3, 0.4) is 0 Å². The van der Waals surface area contributed by atoms with Crippen molar-refractivity contribution in [2.75, 3.05) is 7.05 Å². The van der Waals surface area contributed by atoms with E-state index in [2.05, 4.69) is 15.2 Å². The van der Waals surface area contributed by atoms with Crippen LogP contribution in [0, 0.1) is 18.3 Å². The van der Waals surface area contributed by atoms with Crippen LogP contribution in [0.15, 0.2) is 46.7 Å². The Morgan fingerprint density at radius 1 is 1.38 bits per heavy atom. The summed E-state index contributed by atoms with van der Waals surface area (Å²) in [6.45, 7) is 1.66. The first-order valence-corrected chi connectivity index (χ1v) is 9.18. The summed E-state index contributed by atoms with van der Waals surface area (Å²) in [4.78, 5) is 4.17. The standard InChI is InChI=1S/C16H13ClN6O2S/c1-11-3-4-12(8-18)7-14(11)26(24,25)22(2)19-9-13-10-20-23-6-5-15(17)21-16(13)23/h3-7,9-10H,1-2H3/b19-9+. The van der Waals surface area contributed by atoms with E-state index in [9.17, 15) is 8.42 Å². The molecule has 10 heteroatoms. The van der Waals surface area contributed by atoms with Gasteiger partial charge in [-0.25, -0.2) is 9.50 Å². The van der Waals surface area contributed by atoms with Gasteiger partial charge in [0.15, 0.2) is 5.65 Å². The van der Waals surface area contributed by atoms with Crippen molar-refractivity contribution >= 4 is 33.5 Å². The molecule has 26 heavy (non-hydrogen) atoms. The molecule has 3 rings (SSSR count). The van der Waals surface area contributed by atoms with Gasteiger partial charge in [0.05, 0.1) is 34.5 Å². The molecule has 0 amide bonds. The number of hydrazone groups is 1. The van der Waals surface area contributed by atoms with Gasteiger partial charge >= 0.3 is 0 Å². The fourth-order valence-electron chi connectivity index (χ4n) is 2.25. The number of aromatic nitrogens is 3. The number of nitriles is 1. The Balaban J connectivity index is 1.96. The first-order valence-electron chi connectivity index (χ1n) is 7.36. The Morgan fingerprint density at radius 2 is 2.15 bits per heavy atom. The Kier molecular flexibility index (Phi) is 4.63. The SMILES string of the molecule is Cc1ccc(C#N)cc1S(=O)(=O)N(C)/N=C/c1cnn2ccc(Cl)nc12. The number of benzene rings is 1. The average molecular weight is 389 g/mol. The number of sulfonamides is 1. The van der Waals surface area contributed by atoms with Crippen LogP contribution in [0.4, 0.5) is 0 Å². The van der Waals surface area contributed by atoms with Crippen LogP contribution in [0.1, 0.15) is 16.7 Å². The summed E-state index contributed by atoms with van der Waals surface area (Å²) in [5, 5.41) is 17.4. The lowest BCUT2D eigenvalue weighted by Gasteiger charge is -2.15. The fraction of sp³-hybridized carbons (Fsp3) is 0.125. The molecule has 0 spiro atoms. The fourth-order valence-corrected chi connectivity index (χ4v) is 3.59. The molecular weight excluding hydrogens is 376 g/mol. The molecule has 8 nitrogen and oxygen atoms in total. The molecule has 0 unspecified atom stereocenters. The van der Waals surface area contributed by atoms with E-state index >= 15 is 0 Å². The van der Waals surface area contributed by atoms with E-state index in [1.165, 1.54) is 30.0 Å². The highest BCUT2D eigenvalue weighted by atomic mass is 35.5. The van der Waals surface area contributed by atoms with E-state index in [0.29, 0.717) is 16.8 Å². The molecule has 0 aliphatic heterocycles. The van der Waals surface area contributed by atoms with Gasteiger partial charge in [0.2, 0.25) is 0 Å². The summed E-state index contributed by atoms with van der Waals surface area (Å²) in [5.41, 5.74) is 1.75. The molecule has 2 aromatic heterocycles. The van der Waals surface area contributed by atoms with Gasteiger partial charge in [-0.3, -0.25) is 0 Å². The molecule has 0 saturated carbocycles. The van der Waals surface area contributed by atoms with Crippen molar-refractivity contribution in [3.8, 4) is 6.07 Å². The minimum absolute atomic E-state index is 0.0252. The number of rotatable bonds is 4. The van der Waals surface area contributed by atoms with Crippen molar-refractivity contribution in [3.05, 3.63) is 58.5 Å². The van der Waals surface area contributed by atoms with Gasteiger partial charge in [-0.2, -0.15) is 28.3 Å². The van der Waals surface area contributed by atoms with Gasteiger partial charge in [-0.05, 0) is 30.7 Å². The maximum Gasteiger partial charge on any atom is 0.279 e. The summed E-state index contributed by atoms with van der Waals surface area (Å²) >= 11 is 5.88. The van der Waals surface area contributed by atoms with Crippen molar-refractivity contribution in [1.29, 1.82) is 5.26 Å². The van der Waals surface area contributed by atoms with E-state index in [-0.39, 0.29) is 15.6 Å². The summed E-state index contributed by atoms with van der Waals surface area (Å²) in [5.74, 6) is 0. The highest BCUT2D eigenvalue weighted by Crippen LogP contribution is 2.20. The highest BCUT2D eigenvalue weighted by molar-refractivity contribution is 7.89. The summed E-state index contributed by atoms with van der Waals surface area (Å²) in [6.07, 6.45) is 4.48. The van der Waals surface area contributed by atoms with Crippen LogP contribution in [0.2, 0.25) is 5.15 Å². The number of fused-ring (bicyclic) bond motifs is 1. The molecule has 0 N–H and O–H groups in total. The topological polar surface area (TPSA) is 104 Å². The summed E-state index contributed by atoms with van der Waals surface area (Å²) in [6, 6.07) is 7.99. The van der Waals surface area contributed by atoms with Crippen molar-refractivity contribution < 1.29 is 8.42 Å². The molecule has 1 aromatic carbocycles. The van der Waals surface area contributed by atoms with Gasteiger partial charge in [0, 0.05) is 13.2 Å². The predicted molar refractivity (Wildman–Crippen MR) is 96.4 cm³/mol. The van der Waals surface area contributed by atoms with E-state index in [0.717, 1.165) is 4.41 Å². The Labute approximate surface area is 155 Å². The molecule has 3 aromatic rings. The number of halogens is 1. The predicted octanol–water partition coefficient (Wildman–Crippen LogP) is 2.22. The molecule has 2 heterocycles. The van der Waals surface area contributed by atoms with Crippen LogP contribution in [0.5, 0.6) is 0 Å². The Morgan fingerprint density at radius 3 is 2.88 bits per heavy atom. The third-order valence-electron chi connectivity index (χ3n) is 3.66. The van der Waals surface area contributed by atoms with Gasteiger partial charge in [-0.15, -0.1) is 0 Å². The maximum atomic E-state index is 12.7. The minimum Gasteiger partial charge on any atom is -0.222 e. The second kappa shape index (κ2) is 6.74. The molecule has 132 valence electrons. The largest absolute Gasteiger partial charge is 0.279 e. The second-order valence-electron chi connectivity index (χ2n) is 5.39. The Bertz CT molecular complexity index is 1160. The summed E-state index contributed by atoms with van der Waals surface area (Å²) < 4.78 is 27.8. The molecule has 0 saturated heterocycles. The van der Waals surface area contributed by atoms with Crippen molar-refractivity contribution in [2.45, 2.75) is 11.8 Å². The third kappa shape index (κ3) is 3.24. The summed E-state index contributed by atoms with van der Waals surface area (Å²) in [7, 11) is -2.59. The van der Waals surface area contributed by atoms with Gasteiger partial charge < -0.3 is 0 Å². The lowest BCUT2D eigenvalue weighted by Crippen LogP contribution is -2.22. The van der Waals surface area contributed by atoms with Crippen molar-refractivity contribution in [3.63, 3.8) is 0 Å². The first kappa shape index (κ1) is 17.8. The number of hydrogen-bond acceptors (Lipinski definition) is 6. The number of aryl methyl sites for hydroxylation is 1. The minimum atomic E-state index is -3.91. The van der Waals surface area contributed by atoms with Crippen LogP contribution >= 0.6 is 11.6 Å². The lowest BCUT2D eigenvalue weighted by molar-refractivity contribution is 0.490. The number of nitrogens with zero attached hydrogens (tertiary/aromatic N) is 6. The third-order valence-corrected chi connectivity index (χ3v) is 5.66. The van der Waals surface area contributed by atoms with E-state index in [1.54, 1.807) is 31.3 Å². The highest BCUT2D eigenvalue weighted by Gasteiger charge is 2.22. The van der Waals surface area contributed by atoms with E-state index < -0.39 is 10.0 Å².